The third-order valence-electron chi connectivity index (χ3n) is 2.04. The summed E-state index contributed by atoms with van der Waals surface area (Å²) in [6, 6.07) is 3.87. The van der Waals surface area contributed by atoms with Gasteiger partial charge in [0.15, 0.2) is 5.78 Å². The Hall–Kier alpha value is 0.0700. The average molecular weight is 244 g/mol. The summed E-state index contributed by atoms with van der Waals surface area (Å²) in [6.45, 7) is 0. The molecule has 0 aliphatic carbocycles. The summed E-state index contributed by atoms with van der Waals surface area (Å²) in [5, 5.41) is 1.97. The first-order chi connectivity index (χ1) is 6.86. The molecule has 2 heterocycles. The van der Waals surface area contributed by atoms with Crippen LogP contribution in [-0.2, 0) is 0 Å². The number of rotatable bonds is 3. The Balaban J connectivity index is 1.87. The predicted octanol–water partition coefficient (Wildman–Crippen LogP) is 3.52. The number of carbonyl (C=O) groups is 1. The second-order valence-electron chi connectivity index (χ2n) is 3.13. The topological polar surface area (TPSA) is 17.1 Å². The van der Waals surface area contributed by atoms with E-state index in [2.05, 4.69) is 0 Å². The molecule has 0 unspecified atom stereocenters. The lowest BCUT2D eigenvalue weighted by molar-refractivity contribution is 0.0991. The molecular weight excluding hydrogens is 232 g/mol. The maximum atomic E-state index is 11.8. The molecule has 0 bridgehead atoms. The van der Waals surface area contributed by atoms with Gasteiger partial charge in [-0.05, 0) is 29.4 Å². The van der Waals surface area contributed by atoms with Crippen LogP contribution in [0.3, 0.4) is 0 Å². The first-order valence-corrected chi connectivity index (χ1v) is 7.64. The average Bonchev–Trinajstić information content (AvgIpc) is 2.72. The van der Waals surface area contributed by atoms with Gasteiger partial charge < -0.3 is 0 Å². The Morgan fingerprint density at radius 1 is 1.43 bits per heavy atom. The molecule has 0 aromatic carbocycles. The van der Waals surface area contributed by atoms with Crippen LogP contribution in [0.15, 0.2) is 17.5 Å². The lowest BCUT2D eigenvalue weighted by Gasteiger charge is -2.19. The van der Waals surface area contributed by atoms with Crippen LogP contribution < -0.4 is 0 Å². The molecule has 0 atom stereocenters. The second-order valence-corrected chi connectivity index (χ2v) is 7.00. The van der Waals surface area contributed by atoms with Gasteiger partial charge in [0.05, 0.1) is 9.46 Å². The number of ketones is 1. The zero-order chi connectivity index (χ0) is 9.80. The van der Waals surface area contributed by atoms with Crippen molar-refractivity contribution in [2.75, 3.05) is 11.5 Å². The Morgan fingerprint density at radius 2 is 2.21 bits per heavy atom. The van der Waals surface area contributed by atoms with Crippen molar-refractivity contribution in [2.45, 2.75) is 17.4 Å². The smallest absolute Gasteiger partial charge is 0.174 e. The maximum absolute atomic E-state index is 11.8. The molecule has 1 saturated heterocycles. The summed E-state index contributed by atoms with van der Waals surface area (Å²) in [4.78, 5) is 12.7. The molecule has 1 aliphatic heterocycles. The Labute approximate surface area is 96.7 Å². The van der Waals surface area contributed by atoms with E-state index in [1.54, 1.807) is 11.3 Å². The van der Waals surface area contributed by atoms with Gasteiger partial charge in [-0.15, -0.1) is 34.9 Å². The predicted molar refractivity (Wildman–Crippen MR) is 66.6 cm³/mol. The Morgan fingerprint density at radius 3 is 2.86 bits per heavy atom. The van der Waals surface area contributed by atoms with Gasteiger partial charge in [-0.3, -0.25) is 4.79 Å². The van der Waals surface area contributed by atoms with Crippen LogP contribution in [0, 0.1) is 0 Å². The second kappa shape index (κ2) is 5.24. The fourth-order valence-electron chi connectivity index (χ4n) is 1.34. The molecule has 0 radical (unpaired) electrons. The molecule has 1 aromatic rings. The summed E-state index contributed by atoms with van der Waals surface area (Å²) >= 11 is 5.42. The number of thioether (sulfide) groups is 2. The zero-order valence-corrected chi connectivity index (χ0v) is 10.2. The fourth-order valence-corrected chi connectivity index (χ4v) is 4.85. The molecule has 0 N–H and O–H groups in total. The van der Waals surface area contributed by atoms with Crippen molar-refractivity contribution in [2.24, 2.45) is 0 Å². The summed E-state index contributed by atoms with van der Waals surface area (Å²) < 4.78 is 0.498. The van der Waals surface area contributed by atoms with Gasteiger partial charge in [0.2, 0.25) is 0 Å². The first-order valence-electron chi connectivity index (χ1n) is 4.66. The Bertz CT molecular complexity index is 288. The molecule has 14 heavy (non-hydrogen) atoms. The summed E-state index contributed by atoms with van der Waals surface area (Å²) in [5.74, 6) is 2.75. The summed E-state index contributed by atoms with van der Waals surface area (Å²) in [7, 11) is 0. The van der Waals surface area contributed by atoms with Crippen molar-refractivity contribution in [3.8, 4) is 0 Å². The molecule has 0 amide bonds. The number of hydrogen-bond acceptors (Lipinski definition) is 4. The van der Waals surface area contributed by atoms with Gasteiger partial charge in [-0.1, -0.05) is 6.07 Å². The number of carbonyl (C=O) groups excluding carboxylic acids is 1. The van der Waals surface area contributed by atoms with Crippen LogP contribution in [0.1, 0.15) is 22.5 Å². The van der Waals surface area contributed by atoms with E-state index in [0.717, 1.165) is 4.88 Å². The number of Topliss-reactive ketones (excluding diaryl/α,β-unsaturated/α-hetero) is 1. The third kappa shape index (κ3) is 2.78. The molecule has 1 fully saturated rings. The molecule has 0 spiro atoms. The van der Waals surface area contributed by atoms with Gasteiger partial charge in [0, 0.05) is 6.42 Å². The third-order valence-corrected chi connectivity index (χ3v) is 5.90. The molecule has 1 nitrogen and oxygen atoms in total. The maximum Gasteiger partial charge on any atom is 0.174 e. The highest BCUT2D eigenvalue weighted by Gasteiger charge is 2.19. The van der Waals surface area contributed by atoms with E-state index in [1.807, 2.05) is 41.0 Å². The van der Waals surface area contributed by atoms with E-state index < -0.39 is 0 Å². The van der Waals surface area contributed by atoms with Crippen molar-refractivity contribution in [3.05, 3.63) is 22.4 Å². The molecule has 1 aliphatic rings. The van der Waals surface area contributed by atoms with Crippen molar-refractivity contribution >= 4 is 40.6 Å². The summed E-state index contributed by atoms with van der Waals surface area (Å²) in [6.07, 6.45) is 1.99. The van der Waals surface area contributed by atoms with E-state index in [9.17, 15) is 4.79 Å². The largest absolute Gasteiger partial charge is 0.293 e. The van der Waals surface area contributed by atoms with Crippen molar-refractivity contribution in [1.29, 1.82) is 0 Å². The molecular formula is C10H12OS3. The quantitative estimate of drug-likeness (QED) is 0.757. The van der Waals surface area contributed by atoms with Crippen LogP contribution in [0.25, 0.3) is 0 Å². The van der Waals surface area contributed by atoms with E-state index in [1.165, 1.54) is 17.9 Å². The Kier molecular flexibility index (Phi) is 3.96. The van der Waals surface area contributed by atoms with Crippen molar-refractivity contribution in [1.82, 2.24) is 0 Å². The van der Waals surface area contributed by atoms with Gasteiger partial charge >= 0.3 is 0 Å². The van der Waals surface area contributed by atoms with Gasteiger partial charge in [-0.25, -0.2) is 0 Å². The van der Waals surface area contributed by atoms with Gasteiger partial charge in [0.1, 0.15) is 0 Å². The highest BCUT2D eigenvalue weighted by atomic mass is 32.2. The lowest BCUT2D eigenvalue weighted by Crippen LogP contribution is -2.11. The van der Waals surface area contributed by atoms with E-state index in [4.69, 9.17) is 0 Å². The van der Waals surface area contributed by atoms with Crippen LogP contribution in [0.2, 0.25) is 0 Å². The highest BCUT2D eigenvalue weighted by molar-refractivity contribution is 8.17. The minimum atomic E-state index is 0.312. The molecule has 76 valence electrons. The molecule has 4 heteroatoms. The highest BCUT2D eigenvalue weighted by Crippen LogP contribution is 2.33. The standard InChI is InChI=1S/C10H12OS3/c11-8(9-3-1-4-12-9)7-10-13-5-2-6-14-10/h1,3-4,10H,2,5-7H2. The summed E-state index contributed by atoms with van der Waals surface area (Å²) in [5.41, 5.74) is 0. The molecule has 0 saturated carbocycles. The van der Waals surface area contributed by atoms with Crippen LogP contribution >= 0.6 is 34.9 Å². The SMILES string of the molecule is O=C(CC1SCCCS1)c1cccs1. The van der Waals surface area contributed by atoms with Crippen molar-refractivity contribution < 1.29 is 4.79 Å². The molecule has 1 aromatic heterocycles. The lowest BCUT2D eigenvalue weighted by atomic mass is 10.2. The van der Waals surface area contributed by atoms with Crippen molar-refractivity contribution in [3.63, 3.8) is 0 Å². The molecule has 2 rings (SSSR count). The van der Waals surface area contributed by atoms with Gasteiger partial charge in [0.25, 0.3) is 0 Å². The number of thiophene rings is 1. The first kappa shape index (κ1) is 10.6. The monoisotopic (exact) mass is 244 g/mol. The minimum Gasteiger partial charge on any atom is -0.293 e. The van der Waals surface area contributed by atoms with Crippen LogP contribution in [0.5, 0.6) is 0 Å². The minimum absolute atomic E-state index is 0.312. The van der Waals surface area contributed by atoms with E-state index in [0.29, 0.717) is 16.8 Å². The zero-order valence-electron chi connectivity index (χ0n) is 7.77. The number of hydrogen-bond donors (Lipinski definition) is 0. The normalized spacial score (nSPS) is 18.3. The van der Waals surface area contributed by atoms with Gasteiger partial charge in [-0.2, -0.15) is 0 Å². The van der Waals surface area contributed by atoms with Crippen LogP contribution in [-0.4, -0.2) is 21.9 Å². The fraction of sp³-hybridized carbons (Fsp3) is 0.500. The van der Waals surface area contributed by atoms with E-state index in [-0.39, 0.29) is 0 Å². The van der Waals surface area contributed by atoms with E-state index >= 15 is 0 Å². The van der Waals surface area contributed by atoms with Crippen LogP contribution in [0.4, 0.5) is 0 Å².